The van der Waals surface area contributed by atoms with E-state index in [-0.39, 0.29) is 12.5 Å². The molecule has 1 aromatic heterocycles. The summed E-state index contributed by atoms with van der Waals surface area (Å²) < 4.78 is 10.1. The van der Waals surface area contributed by atoms with Crippen LogP contribution in [0.2, 0.25) is 0 Å². The number of carbonyl (C=O) groups excluding carboxylic acids is 1. The Kier molecular flexibility index (Phi) is 6.35. The van der Waals surface area contributed by atoms with Crippen molar-refractivity contribution in [2.24, 2.45) is 0 Å². The highest BCUT2D eigenvalue weighted by molar-refractivity contribution is 5.77. The molecule has 2 heterocycles. The normalized spacial score (nSPS) is 14.7. The van der Waals surface area contributed by atoms with E-state index in [1.165, 1.54) is 7.11 Å². The van der Waals surface area contributed by atoms with Gasteiger partial charge < -0.3 is 25.0 Å². The van der Waals surface area contributed by atoms with Crippen molar-refractivity contribution in [3.05, 3.63) is 11.9 Å². The summed E-state index contributed by atoms with van der Waals surface area (Å²) in [6.07, 6.45) is 0. The van der Waals surface area contributed by atoms with Gasteiger partial charge in [-0.05, 0) is 6.92 Å². The van der Waals surface area contributed by atoms with Gasteiger partial charge in [0.15, 0.2) is 0 Å². The third-order valence-corrected chi connectivity index (χ3v) is 3.19. The van der Waals surface area contributed by atoms with Crippen molar-refractivity contribution >= 4 is 17.5 Å². The molecule has 8 nitrogen and oxygen atoms in total. The minimum Gasteiger partial charge on any atom is -0.378 e. The van der Waals surface area contributed by atoms with Crippen molar-refractivity contribution in [3.63, 3.8) is 0 Å². The molecule has 122 valence electrons. The van der Waals surface area contributed by atoms with Crippen LogP contribution in [-0.4, -0.2) is 69.0 Å². The molecule has 1 amide bonds. The molecule has 8 heteroatoms. The van der Waals surface area contributed by atoms with Gasteiger partial charge in [-0.2, -0.15) is 0 Å². The number of aryl methyl sites for hydroxylation is 1. The molecule has 0 bridgehead atoms. The summed E-state index contributed by atoms with van der Waals surface area (Å²) in [6.45, 7) is 6.16. The number of ether oxygens (including phenoxy) is 2. The average Bonchev–Trinajstić information content (AvgIpc) is 2.52. The molecule has 0 radical (unpaired) electrons. The van der Waals surface area contributed by atoms with E-state index in [4.69, 9.17) is 9.47 Å². The van der Waals surface area contributed by atoms with Crippen molar-refractivity contribution in [2.75, 3.05) is 63.3 Å². The number of nitrogens with one attached hydrogen (secondary N) is 2. The zero-order valence-corrected chi connectivity index (χ0v) is 13.1. The Morgan fingerprint density at radius 3 is 2.86 bits per heavy atom. The van der Waals surface area contributed by atoms with Crippen LogP contribution in [0.3, 0.4) is 0 Å². The summed E-state index contributed by atoms with van der Waals surface area (Å²) in [7, 11) is 1.49. The van der Waals surface area contributed by atoms with Gasteiger partial charge in [0.2, 0.25) is 5.91 Å². The second-order valence-corrected chi connectivity index (χ2v) is 4.97. The maximum atomic E-state index is 11.3. The number of rotatable bonds is 7. The lowest BCUT2D eigenvalue weighted by atomic mass is 10.4. The van der Waals surface area contributed by atoms with Gasteiger partial charge in [0.1, 0.15) is 24.1 Å². The number of aromatic nitrogens is 2. The quantitative estimate of drug-likeness (QED) is 0.674. The van der Waals surface area contributed by atoms with E-state index in [0.29, 0.717) is 13.1 Å². The molecule has 1 aliphatic heterocycles. The van der Waals surface area contributed by atoms with Crippen LogP contribution in [0.4, 0.5) is 11.6 Å². The predicted octanol–water partition coefficient (Wildman–Crippen LogP) is -0.204. The van der Waals surface area contributed by atoms with E-state index < -0.39 is 0 Å². The minimum atomic E-state index is -0.128. The maximum Gasteiger partial charge on any atom is 0.246 e. The summed E-state index contributed by atoms with van der Waals surface area (Å²) in [6, 6.07) is 1.93. The molecule has 0 aliphatic carbocycles. The molecule has 0 spiro atoms. The minimum absolute atomic E-state index is 0.0772. The Hall–Kier alpha value is -1.93. The van der Waals surface area contributed by atoms with Crippen LogP contribution in [0.1, 0.15) is 5.82 Å². The smallest absolute Gasteiger partial charge is 0.246 e. The van der Waals surface area contributed by atoms with Gasteiger partial charge >= 0.3 is 0 Å². The number of carbonyl (C=O) groups is 1. The first-order chi connectivity index (χ1) is 10.7. The molecular weight excluding hydrogens is 286 g/mol. The number of nitrogens with zero attached hydrogens (tertiary/aromatic N) is 3. The molecular formula is C14H23N5O3. The molecule has 2 rings (SSSR count). The van der Waals surface area contributed by atoms with Gasteiger partial charge in [0, 0.05) is 39.4 Å². The highest BCUT2D eigenvalue weighted by Crippen LogP contribution is 2.16. The summed E-state index contributed by atoms with van der Waals surface area (Å²) in [5.74, 6) is 2.25. The van der Waals surface area contributed by atoms with Crippen LogP contribution in [0, 0.1) is 6.92 Å². The van der Waals surface area contributed by atoms with E-state index in [0.717, 1.165) is 43.8 Å². The van der Waals surface area contributed by atoms with E-state index >= 15 is 0 Å². The highest BCUT2D eigenvalue weighted by Gasteiger charge is 2.14. The van der Waals surface area contributed by atoms with Crippen LogP contribution in [0.25, 0.3) is 0 Å². The first-order valence-corrected chi connectivity index (χ1v) is 7.37. The van der Waals surface area contributed by atoms with Crippen molar-refractivity contribution in [1.82, 2.24) is 15.3 Å². The monoisotopic (exact) mass is 309 g/mol. The van der Waals surface area contributed by atoms with Gasteiger partial charge in [-0.3, -0.25) is 4.79 Å². The second-order valence-electron chi connectivity index (χ2n) is 4.97. The maximum absolute atomic E-state index is 11.3. The standard InChI is InChI=1S/C14H23N5O3/c1-11-17-12(15-3-4-16-14(20)10-21-2)9-13(18-11)19-5-7-22-8-6-19/h9H,3-8,10H2,1-2H3,(H,16,20)(H,15,17,18). The van der Waals surface area contributed by atoms with Gasteiger partial charge in [-0.25, -0.2) is 9.97 Å². The van der Waals surface area contributed by atoms with Crippen molar-refractivity contribution in [3.8, 4) is 0 Å². The summed E-state index contributed by atoms with van der Waals surface area (Å²) in [4.78, 5) is 22.3. The van der Waals surface area contributed by atoms with E-state index in [1.807, 2.05) is 13.0 Å². The summed E-state index contributed by atoms with van der Waals surface area (Å²) >= 11 is 0. The molecule has 1 fully saturated rings. The Labute approximate surface area is 130 Å². The third kappa shape index (κ3) is 5.12. The van der Waals surface area contributed by atoms with Crippen molar-refractivity contribution in [2.45, 2.75) is 6.92 Å². The molecule has 0 saturated carbocycles. The first-order valence-electron chi connectivity index (χ1n) is 7.37. The fourth-order valence-corrected chi connectivity index (χ4v) is 2.17. The molecule has 22 heavy (non-hydrogen) atoms. The van der Waals surface area contributed by atoms with Crippen LogP contribution >= 0.6 is 0 Å². The molecule has 0 aromatic carbocycles. The summed E-state index contributed by atoms with van der Waals surface area (Å²) in [5, 5.41) is 5.95. The SMILES string of the molecule is COCC(=O)NCCNc1cc(N2CCOCC2)nc(C)n1. The first kappa shape index (κ1) is 16.4. The lowest BCUT2D eigenvalue weighted by Crippen LogP contribution is -2.37. The molecule has 1 saturated heterocycles. The number of methoxy groups -OCH3 is 1. The fourth-order valence-electron chi connectivity index (χ4n) is 2.17. The number of hydrogen-bond acceptors (Lipinski definition) is 7. The van der Waals surface area contributed by atoms with E-state index in [1.54, 1.807) is 0 Å². The number of morpholine rings is 1. The molecule has 2 N–H and O–H groups in total. The topological polar surface area (TPSA) is 88.6 Å². The van der Waals surface area contributed by atoms with E-state index in [9.17, 15) is 4.79 Å². The van der Waals surface area contributed by atoms with Gasteiger partial charge in [0.05, 0.1) is 13.2 Å². The van der Waals surface area contributed by atoms with Crippen LogP contribution in [0.5, 0.6) is 0 Å². The molecule has 1 aromatic rings. The van der Waals surface area contributed by atoms with Gasteiger partial charge in [-0.1, -0.05) is 0 Å². The number of amides is 1. The highest BCUT2D eigenvalue weighted by atomic mass is 16.5. The fraction of sp³-hybridized carbons (Fsp3) is 0.643. The largest absolute Gasteiger partial charge is 0.378 e. The molecule has 1 aliphatic rings. The Bertz CT molecular complexity index is 491. The van der Waals surface area contributed by atoms with Crippen molar-refractivity contribution < 1.29 is 14.3 Å². The van der Waals surface area contributed by atoms with Gasteiger partial charge in [0.25, 0.3) is 0 Å². The summed E-state index contributed by atoms with van der Waals surface area (Å²) in [5.41, 5.74) is 0. The number of hydrogen-bond donors (Lipinski definition) is 2. The lowest BCUT2D eigenvalue weighted by Gasteiger charge is -2.28. The molecule has 0 unspecified atom stereocenters. The molecule has 0 atom stereocenters. The zero-order chi connectivity index (χ0) is 15.8. The van der Waals surface area contributed by atoms with Gasteiger partial charge in [-0.15, -0.1) is 0 Å². The lowest BCUT2D eigenvalue weighted by molar-refractivity contribution is -0.124. The Balaban J connectivity index is 1.85. The van der Waals surface area contributed by atoms with E-state index in [2.05, 4.69) is 25.5 Å². The van der Waals surface area contributed by atoms with Crippen LogP contribution < -0.4 is 15.5 Å². The average molecular weight is 309 g/mol. The third-order valence-electron chi connectivity index (χ3n) is 3.19. The Morgan fingerprint density at radius 2 is 2.14 bits per heavy atom. The van der Waals surface area contributed by atoms with Crippen molar-refractivity contribution in [1.29, 1.82) is 0 Å². The van der Waals surface area contributed by atoms with Crippen LogP contribution in [-0.2, 0) is 14.3 Å². The Morgan fingerprint density at radius 1 is 1.36 bits per heavy atom. The van der Waals surface area contributed by atoms with Crippen LogP contribution in [0.15, 0.2) is 6.07 Å². The zero-order valence-electron chi connectivity index (χ0n) is 13.1. The number of anilines is 2. The second kappa shape index (κ2) is 8.50. The predicted molar refractivity (Wildman–Crippen MR) is 83.2 cm³/mol.